The lowest BCUT2D eigenvalue weighted by Crippen LogP contribution is -2.50. The molecule has 1 saturated heterocycles. The lowest BCUT2D eigenvalue weighted by Gasteiger charge is -2.34. The highest BCUT2D eigenvalue weighted by atomic mass is 16.5. The highest BCUT2D eigenvalue weighted by Gasteiger charge is 2.40. The number of amides is 2. The van der Waals surface area contributed by atoms with Crippen molar-refractivity contribution in [2.24, 2.45) is 5.41 Å². The average Bonchev–Trinajstić information content (AvgIpc) is 2.42. The molecular weight excluding hydrogens is 260 g/mol. The molecule has 20 heavy (non-hydrogen) atoms. The first-order valence-corrected chi connectivity index (χ1v) is 6.89. The summed E-state index contributed by atoms with van der Waals surface area (Å²) >= 11 is 0. The molecule has 0 unspecified atom stereocenters. The third kappa shape index (κ3) is 4.23. The number of carbonyl (C=O) groups excluding carboxylic acids is 1. The molecule has 0 radical (unpaired) electrons. The Bertz CT molecular complexity index is 375. The van der Waals surface area contributed by atoms with Crippen LogP contribution in [0.25, 0.3) is 0 Å². The van der Waals surface area contributed by atoms with Crippen molar-refractivity contribution in [3.8, 4) is 0 Å². The summed E-state index contributed by atoms with van der Waals surface area (Å²) in [5.74, 6) is -0.871. The summed E-state index contributed by atoms with van der Waals surface area (Å²) in [5.41, 5.74) is -0.0164. The molecule has 2 amide bonds. The van der Waals surface area contributed by atoms with E-state index in [4.69, 9.17) is 4.74 Å². The van der Waals surface area contributed by atoms with Gasteiger partial charge in [-0.1, -0.05) is 12.2 Å². The number of likely N-dealkylation sites (N-methyl/N-ethyl adjacent to an activating group) is 1. The fourth-order valence-electron chi connectivity index (χ4n) is 2.24. The van der Waals surface area contributed by atoms with Gasteiger partial charge in [-0.15, -0.1) is 0 Å². The van der Waals surface area contributed by atoms with Crippen LogP contribution >= 0.6 is 0 Å². The van der Waals surface area contributed by atoms with E-state index in [1.165, 1.54) is 0 Å². The minimum absolute atomic E-state index is 0.136. The first-order valence-electron chi connectivity index (χ1n) is 6.89. The SMILES string of the molecule is C=C(C)CN(CC)C(=O)NCC1(C(=O)O)CCOCC1. The van der Waals surface area contributed by atoms with Crippen molar-refractivity contribution in [3.05, 3.63) is 12.2 Å². The van der Waals surface area contributed by atoms with Gasteiger partial charge in [-0.25, -0.2) is 4.79 Å². The Kier molecular flexibility index (Phi) is 6.01. The molecule has 1 rings (SSSR count). The van der Waals surface area contributed by atoms with Gasteiger partial charge in [0.1, 0.15) is 0 Å². The standard InChI is InChI=1S/C14H24N2O4/c1-4-16(9-11(2)3)13(19)15-10-14(12(17)18)5-7-20-8-6-14/h2,4-10H2,1,3H3,(H,15,19)(H,17,18). The number of rotatable bonds is 6. The zero-order valence-corrected chi connectivity index (χ0v) is 12.3. The number of hydrogen-bond donors (Lipinski definition) is 2. The molecule has 0 aromatic rings. The maximum Gasteiger partial charge on any atom is 0.317 e. The minimum Gasteiger partial charge on any atom is -0.481 e. The van der Waals surface area contributed by atoms with Crippen molar-refractivity contribution >= 4 is 12.0 Å². The lowest BCUT2D eigenvalue weighted by molar-refractivity contribution is -0.154. The van der Waals surface area contributed by atoms with Gasteiger partial charge in [0.25, 0.3) is 0 Å². The van der Waals surface area contributed by atoms with Gasteiger partial charge in [0.2, 0.25) is 0 Å². The number of aliphatic carboxylic acids is 1. The van der Waals surface area contributed by atoms with Crippen LogP contribution < -0.4 is 5.32 Å². The molecule has 6 nitrogen and oxygen atoms in total. The summed E-state index contributed by atoms with van der Waals surface area (Å²) in [7, 11) is 0. The van der Waals surface area contributed by atoms with Gasteiger partial charge >= 0.3 is 12.0 Å². The predicted octanol–water partition coefficient (Wildman–Crippen LogP) is 1.48. The van der Waals surface area contributed by atoms with E-state index >= 15 is 0 Å². The maximum absolute atomic E-state index is 12.1. The second-order valence-corrected chi connectivity index (χ2v) is 5.33. The van der Waals surface area contributed by atoms with Gasteiger partial charge in [0.05, 0.1) is 5.41 Å². The fraction of sp³-hybridized carbons (Fsp3) is 0.714. The number of nitrogens with zero attached hydrogens (tertiary/aromatic N) is 1. The van der Waals surface area contributed by atoms with E-state index in [-0.39, 0.29) is 12.6 Å². The van der Waals surface area contributed by atoms with E-state index in [9.17, 15) is 14.7 Å². The van der Waals surface area contributed by atoms with Crippen molar-refractivity contribution < 1.29 is 19.4 Å². The molecule has 0 aromatic carbocycles. The van der Waals surface area contributed by atoms with E-state index in [1.54, 1.807) is 4.90 Å². The van der Waals surface area contributed by atoms with Crippen molar-refractivity contribution in [2.75, 3.05) is 32.8 Å². The predicted molar refractivity (Wildman–Crippen MR) is 75.6 cm³/mol. The summed E-state index contributed by atoms with van der Waals surface area (Å²) in [6.07, 6.45) is 0.852. The molecule has 1 fully saturated rings. The molecule has 114 valence electrons. The van der Waals surface area contributed by atoms with Gasteiger partial charge in [0.15, 0.2) is 0 Å². The van der Waals surface area contributed by atoms with Gasteiger partial charge in [-0.2, -0.15) is 0 Å². The highest BCUT2D eigenvalue weighted by molar-refractivity contribution is 5.78. The number of nitrogens with one attached hydrogen (secondary N) is 1. The third-order valence-corrected chi connectivity index (χ3v) is 3.61. The maximum atomic E-state index is 12.1. The van der Waals surface area contributed by atoms with Crippen LogP contribution in [0.3, 0.4) is 0 Å². The van der Waals surface area contributed by atoms with E-state index in [2.05, 4.69) is 11.9 Å². The Labute approximate surface area is 119 Å². The Balaban J connectivity index is 2.60. The smallest absolute Gasteiger partial charge is 0.317 e. The summed E-state index contributed by atoms with van der Waals surface area (Å²) in [4.78, 5) is 25.1. The topological polar surface area (TPSA) is 78.9 Å². The Hall–Kier alpha value is -1.56. The molecule has 0 aliphatic carbocycles. The van der Waals surface area contributed by atoms with Crippen LogP contribution in [0.2, 0.25) is 0 Å². The minimum atomic E-state index is -0.906. The van der Waals surface area contributed by atoms with Gasteiger partial charge in [-0.3, -0.25) is 4.79 Å². The molecule has 0 aromatic heterocycles. The van der Waals surface area contributed by atoms with Crippen LogP contribution in [0.4, 0.5) is 4.79 Å². The quantitative estimate of drug-likeness (QED) is 0.724. The van der Waals surface area contributed by atoms with Gasteiger partial charge < -0.3 is 20.1 Å². The van der Waals surface area contributed by atoms with Crippen LogP contribution in [0.1, 0.15) is 26.7 Å². The average molecular weight is 284 g/mol. The van der Waals surface area contributed by atoms with Gasteiger partial charge in [-0.05, 0) is 26.7 Å². The zero-order valence-electron chi connectivity index (χ0n) is 12.3. The number of carboxylic acids is 1. The summed E-state index contributed by atoms with van der Waals surface area (Å²) in [5, 5.41) is 12.1. The van der Waals surface area contributed by atoms with E-state index in [1.807, 2.05) is 13.8 Å². The summed E-state index contributed by atoms with van der Waals surface area (Å²) in [6, 6.07) is -0.248. The molecule has 6 heteroatoms. The second kappa shape index (κ2) is 7.28. The van der Waals surface area contributed by atoms with Crippen molar-refractivity contribution in [2.45, 2.75) is 26.7 Å². The molecule has 1 aliphatic rings. The van der Waals surface area contributed by atoms with Crippen LogP contribution in [-0.4, -0.2) is 54.9 Å². The Morgan fingerprint density at radius 2 is 2.00 bits per heavy atom. The monoisotopic (exact) mass is 284 g/mol. The molecule has 0 atom stereocenters. The van der Waals surface area contributed by atoms with Crippen LogP contribution in [-0.2, 0) is 9.53 Å². The number of ether oxygens (including phenoxy) is 1. The van der Waals surface area contributed by atoms with Crippen LogP contribution in [0.15, 0.2) is 12.2 Å². The molecule has 0 spiro atoms. The molecule has 1 aliphatic heterocycles. The molecular formula is C14H24N2O4. The molecule has 1 heterocycles. The highest BCUT2D eigenvalue weighted by Crippen LogP contribution is 2.30. The van der Waals surface area contributed by atoms with Crippen molar-refractivity contribution in [1.29, 1.82) is 0 Å². The normalized spacial score (nSPS) is 17.3. The first-order chi connectivity index (χ1) is 9.41. The lowest BCUT2D eigenvalue weighted by atomic mass is 9.80. The molecule has 2 N–H and O–H groups in total. The van der Waals surface area contributed by atoms with Crippen LogP contribution in [0, 0.1) is 5.41 Å². The summed E-state index contributed by atoms with van der Waals surface area (Å²) in [6.45, 7) is 9.53. The van der Waals surface area contributed by atoms with E-state index in [0.717, 1.165) is 5.57 Å². The fourth-order valence-corrected chi connectivity index (χ4v) is 2.24. The largest absolute Gasteiger partial charge is 0.481 e. The number of carbonyl (C=O) groups is 2. The Morgan fingerprint density at radius 1 is 1.40 bits per heavy atom. The molecule has 0 saturated carbocycles. The van der Waals surface area contributed by atoms with E-state index in [0.29, 0.717) is 39.1 Å². The van der Waals surface area contributed by atoms with Crippen molar-refractivity contribution in [3.63, 3.8) is 0 Å². The summed E-state index contributed by atoms with van der Waals surface area (Å²) < 4.78 is 5.20. The second-order valence-electron chi connectivity index (χ2n) is 5.33. The number of urea groups is 1. The van der Waals surface area contributed by atoms with Crippen molar-refractivity contribution in [1.82, 2.24) is 10.2 Å². The third-order valence-electron chi connectivity index (χ3n) is 3.61. The van der Waals surface area contributed by atoms with E-state index < -0.39 is 11.4 Å². The van der Waals surface area contributed by atoms with Crippen LogP contribution in [0.5, 0.6) is 0 Å². The first kappa shape index (κ1) is 16.5. The Morgan fingerprint density at radius 3 is 2.45 bits per heavy atom. The molecule has 0 bridgehead atoms. The van der Waals surface area contributed by atoms with Gasteiger partial charge in [0, 0.05) is 32.8 Å². The number of carboxylic acid groups (broad SMARTS) is 1. The number of hydrogen-bond acceptors (Lipinski definition) is 3. The zero-order chi connectivity index (χ0) is 15.2.